The molecule has 1 aliphatic rings. The van der Waals surface area contributed by atoms with Gasteiger partial charge in [0.05, 0.1) is 0 Å². The first-order valence-corrected chi connectivity index (χ1v) is 6.31. The van der Waals surface area contributed by atoms with Crippen LogP contribution in [0.4, 0.5) is 0 Å². The number of allylic oxidation sites excluding steroid dienone is 4. The number of hydrogen-bond donors (Lipinski definition) is 0. The molecule has 0 fully saturated rings. The molecule has 0 aromatic heterocycles. The van der Waals surface area contributed by atoms with Crippen molar-refractivity contribution in [3.8, 4) is 0 Å². The summed E-state index contributed by atoms with van der Waals surface area (Å²) in [6.07, 6.45) is 9.94. The Bertz CT molecular complexity index is 484. The molecule has 0 aliphatic heterocycles. The van der Waals surface area contributed by atoms with Crippen LogP contribution >= 0.6 is 0 Å². The minimum absolute atomic E-state index is 0.238. The topological polar surface area (TPSA) is 26.3 Å². The van der Waals surface area contributed by atoms with Gasteiger partial charge in [0.25, 0.3) is 0 Å². The zero-order valence-corrected chi connectivity index (χ0v) is 10.7. The van der Waals surface area contributed by atoms with E-state index in [0.717, 1.165) is 24.8 Å². The first kappa shape index (κ1) is 12.6. The molecule has 1 aliphatic carbocycles. The molecule has 94 valence electrons. The van der Waals surface area contributed by atoms with E-state index >= 15 is 0 Å². The van der Waals surface area contributed by atoms with Crippen LogP contribution in [-0.4, -0.2) is 5.97 Å². The fourth-order valence-corrected chi connectivity index (χ4v) is 2.05. The average Bonchev–Trinajstić information content (AvgIpc) is 2.38. The summed E-state index contributed by atoms with van der Waals surface area (Å²) in [4.78, 5) is 10.8. The van der Waals surface area contributed by atoms with Crippen molar-refractivity contribution < 1.29 is 9.53 Å². The van der Waals surface area contributed by atoms with Crippen molar-refractivity contribution in [1.82, 2.24) is 0 Å². The van der Waals surface area contributed by atoms with Crippen LogP contribution in [0.15, 0.2) is 48.1 Å². The van der Waals surface area contributed by atoms with Gasteiger partial charge in [-0.25, -0.2) is 0 Å². The third-order valence-electron chi connectivity index (χ3n) is 2.91. The third kappa shape index (κ3) is 3.88. The first-order valence-electron chi connectivity index (χ1n) is 6.31. The normalized spacial score (nSPS) is 14.2. The third-order valence-corrected chi connectivity index (χ3v) is 2.91. The van der Waals surface area contributed by atoms with Gasteiger partial charge in [0.1, 0.15) is 6.61 Å². The Hall–Kier alpha value is -1.83. The zero-order chi connectivity index (χ0) is 12.8. The van der Waals surface area contributed by atoms with Crippen LogP contribution in [0.2, 0.25) is 0 Å². The second kappa shape index (κ2) is 6.20. The first-order chi connectivity index (χ1) is 8.74. The highest BCUT2D eigenvalue weighted by atomic mass is 16.5. The summed E-state index contributed by atoms with van der Waals surface area (Å²) >= 11 is 0. The summed E-state index contributed by atoms with van der Waals surface area (Å²) in [5.74, 6) is -0.238. The minimum atomic E-state index is -0.238. The molecule has 2 heteroatoms. The van der Waals surface area contributed by atoms with Crippen LogP contribution in [-0.2, 0) is 22.6 Å². The fraction of sp³-hybridized carbons (Fsp3) is 0.312. The van der Waals surface area contributed by atoms with Crippen LogP contribution in [0.3, 0.4) is 0 Å². The quantitative estimate of drug-likeness (QED) is 0.754. The van der Waals surface area contributed by atoms with Crippen molar-refractivity contribution >= 4 is 5.97 Å². The van der Waals surface area contributed by atoms with Crippen molar-refractivity contribution in [3.05, 3.63) is 59.2 Å². The molecule has 2 nitrogen and oxygen atoms in total. The Morgan fingerprint density at radius 2 is 2.11 bits per heavy atom. The van der Waals surface area contributed by atoms with Gasteiger partial charge in [-0.05, 0) is 36.0 Å². The summed E-state index contributed by atoms with van der Waals surface area (Å²) < 4.78 is 5.01. The van der Waals surface area contributed by atoms with Gasteiger partial charge in [-0.2, -0.15) is 0 Å². The lowest BCUT2D eigenvalue weighted by atomic mass is 9.99. The number of carbonyl (C=O) groups is 1. The zero-order valence-electron chi connectivity index (χ0n) is 10.7. The second-order valence-electron chi connectivity index (χ2n) is 4.54. The van der Waals surface area contributed by atoms with Crippen molar-refractivity contribution in [2.24, 2.45) is 0 Å². The van der Waals surface area contributed by atoms with E-state index in [-0.39, 0.29) is 5.97 Å². The number of carbonyl (C=O) groups excluding carboxylic acids is 1. The molecule has 0 amide bonds. The minimum Gasteiger partial charge on any atom is -0.461 e. The molecule has 0 heterocycles. The number of rotatable bonds is 4. The molecule has 0 radical (unpaired) electrons. The van der Waals surface area contributed by atoms with E-state index in [0.29, 0.717) is 6.61 Å². The average molecular weight is 242 g/mol. The molecule has 18 heavy (non-hydrogen) atoms. The van der Waals surface area contributed by atoms with Crippen molar-refractivity contribution in [2.75, 3.05) is 0 Å². The Morgan fingerprint density at radius 1 is 1.28 bits per heavy atom. The monoisotopic (exact) mass is 242 g/mol. The van der Waals surface area contributed by atoms with Crippen LogP contribution in [0.1, 0.15) is 30.9 Å². The standard InChI is InChI=1S/C16H18O2/c1-13(17)18-12-16-9-5-8-15(11-16)10-14-6-3-2-4-7-14/h3,5-9,11H,2,4,10,12H2,1H3. The molecule has 0 unspecified atom stereocenters. The van der Waals surface area contributed by atoms with Crippen LogP contribution in [0.5, 0.6) is 0 Å². The van der Waals surface area contributed by atoms with Gasteiger partial charge in [0, 0.05) is 6.92 Å². The van der Waals surface area contributed by atoms with E-state index in [4.69, 9.17) is 4.74 Å². The molecule has 1 aromatic carbocycles. The number of ether oxygens (including phenoxy) is 1. The summed E-state index contributed by atoms with van der Waals surface area (Å²) in [7, 11) is 0. The summed E-state index contributed by atoms with van der Waals surface area (Å²) in [5, 5.41) is 0. The SMILES string of the molecule is CC(=O)OCc1cccc(CC2=CCCC=C2)c1. The van der Waals surface area contributed by atoms with Gasteiger partial charge in [0.15, 0.2) is 0 Å². The molecule has 1 aromatic rings. The van der Waals surface area contributed by atoms with Crippen LogP contribution in [0, 0.1) is 0 Å². The van der Waals surface area contributed by atoms with Gasteiger partial charge in [0.2, 0.25) is 0 Å². The summed E-state index contributed by atoms with van der Waals surface area (Å²) in [6.45, 7) is 1.79. The molecule has 0 spiro atoms. The second-order valence-corrected chi connectivity index (χ2v) is 4.54. The summed E-state index contributed by atoms with van der Waals surface area (Å²) in [5.41, 5.74) is 3.67. The van der Waals surface area contributed by atoms with E-state index in [9.17, 15) is 4.79 Å². The Balaban J connectivity index is 2.00. The predicted molar refractivity (Wildman–Crippen MR) is 72.1 cm³/mol. The maximum atomic E-state index is 10.8. The van der Waals surface area contributed by atoms with Crippen molar-refractivity contribution in [1.29, 1.82) is 0 Å². The van der Waals surface area contributed by atoms with Gasteiger partial charge >= 0.3 is 5.97 Å². The van der Waals surface area contributed by atoms with E-state index in [1.165, 1.54) is 18.1 Å². The van der Waals surface area contributed by atoms with Crippen LogP contribution < -0.4 is 0 Å². The molecule has 2 rings (SSSR count). The highest BCUT2D eigenvalue weighted by Gasteiger charge is 2.02. The van der Waals surface area contributed by atoms with E-state index in [2.05, 4.69) is 30.4 Å². The lowest BCUT2D eigenvalue weighted by molar-refractivity contribution is -0.142. The maximum absolute atomic E-state index is 10.8. The van der Waals surface area contributed by atoms with E-state index in [1.807, 2.05) is 12.1 Å². The highest BCUT2D eigenvalue weighted by Crippen LogP contribution is 2.16. The Kier molecular flexibility index (Phi) is 4.35. The largest absolute Gasteiger partial charge is 0.461 e. The molecule has 0 saturated carbocycles. The Morgan fingerprint density at radius 3 is 2.83 bits per heavy atom. The predicted octanol–water partition coefficient (Wildman–Crippen LogP) is 3.57. The number of esters is 1. The van der Waals surface area contributed by atoms with E-state index < -0.39 is 0 Å². The molecule has 0 atom stereocenters. The highest BCUT2D eigenvalue weighted by molar-refractivity contribution is 5.65. The Labute approximate surface area is 108 Å². The molecule has 0 bridgehead atoms. The van der Waals surface area contributed by atoms with Gasteiger partial charge < -0.3 is 4.74 Å². The lowest BCUT2D eigenvalue weighted by Crippen LogP contribution is -1.99. The van der Waals surface area contributed by atoms with Gasteiger partial charge in [-0.15, -0.1) is 0 Å². The van der Waals surface area contributed by atoms with Crippen molar-refractivity contribution in [2.45, 2.75) is 32.8 Å². The maximum Gasteiger partial charge on any atom is 0.302 e. The summed E-state index contributed by atoms with van der Waals surface area (Å²) in [6, 6.07) is 8.21. The molecule has 0 saturated heterocycles. The van der Waals surface area contributed by atoms with Crippen molar-refractivity contribution in [3.63, 3.8) is 0 Å². The van der Waals surface area contributed by atoms with Gasteiger partial charge in [-0.1, -0.05) is 42.5 Å². The van der Waals surface area contributed by atoms with Gasteiger partial charge in [-0.3, -0.25) is 4.79 Å². The molecular formula is C16H18O2. The smallest absolute Gasteiger partial charge is 0.302 e. The number of benzene rings is 1. The fourth-order valence-electron chi connectivity index (χ4n) is 2.05. The van der Waals surface area contributed by atoms with E-state index in [1.54, 1.807) is 0 Å². The lowest BCUT2D eigenvalue weighted by Gasteiger charge is -2.09. The van der Waals surface area contributed by atoms with Crippen LogP contribution in [0.25, 0.3) is 0 Å². The molecular weight excluding hydrogens is 224 g/mol. The molecule has 0 N–H and O–H groups in total. The number of hydrogen-bond acceptors (Lipinski definition) is 2.